The molecule has 3 rings (SSSR count). The third kappa shape index (κ3) is 2.22. The molecule has 0 bridgehead atoms. The van der Waals surface area contributed by atoms with E-state index in [9.17, 15) is 9.90 Å². The number of hydrogen-bond donors (Lipinski definition) is 1. The van der Waals surface area contributed by atoms with E-state index >= 15 is 0 Å². The Labute approximate surface area is 114 Å². The standard InChI is InChI=1S/C16H21NO2/c1-11-10-13(18)7-8-14(11)16(19)17-9-3-5-12-4-2-6-15(12)17/h7-8,10,12,15,18H,2-6,9H2,1H3. The number of benzene rings is 1. The summed E-state index contributed by atoms with van der Waals surface area (Å²) in [7, 11) is 0. The number of hydrogen-bond acceptors (Lipinski definition) is 2. The fourth-order valence-electron chi connectivity index (χ4n) is 3.75. The van der Waals surface area contributed by atoms with E-state index in [2.05, 4.69) is 4.90 Å². The lowest BCUT2D eigenvalue weighted by Gasteiger charge is -2.38. The van der Waals surface area contributed by atoms with Gasteiger partial charge in [0.05, 0.1) is 0 Å². The first-order valence-electron chi connectivity index (χ1n) is 7.27. The molecule has 1 saturated carbocycles. The maximum absolute atomic E-state index is 12.7. The fraction of sp³-hybridized carbons (Fsp3) is 0.562. The van der Waals surface area contributed by atoms with Crippen LogP contribution in [0.4, 0.5) is 0 Å². The molecule has 1 aliphatic carbocycles. The van der Waals surface area contributed by atoms with E-state index in [0.29, 0.717) is 6.04 Å². The van der Waals surface area contributed by atoms with Crippen LogP contribution >= 0.6 is 0 Å². The number of carbonyl (C=O) groups excluding carboxylic acids is 1. The largest absolute Gasteiger partial charge is 0.508 e. The van der Waals surface area contributed by atoms with Gasteiger partial charge in [0.1, 0.15) is 5.75 Å². The molecule has 2 unspecified atom stereocenters. The molecule has 102 valence electrons. The van der Waals surface area contributed by atoms with Crippen molar-refractivity contribution in [3.05, 3.63) is 29.3 Å². The maximum atomic E-state index is 12.7. The second-order valence-electron chi connectivity index (χ2n) is 5.90. The van der Waals surface area contributed by atoms with E-state index < -0.39 is 0 Å². The molecule has 1 aromatic rings. The van der Waals surface area contributed by atoms with Gasteiger partial charge in [0, 0.05) is 18.2 Å². The number of aryl methyl sites for hydroxylation is 1. The molecule has 1 saturated heterocycles. The van der Waals surface area contributed by atoms with Crippen molar-refractivity contribution < 1.29 is 9.90 Å². The Bertz CT molecular complexity index is 498. The summed E-state index contributed by atoms with van der Waals surface area (Å²) < 4.78 is 0. The van der Waals surface area contributed by atoms with Gasteiger partial charge in [-0.1, -0.05) is 6.42 Å². The number of phenols is 1. The molecule has 19 heavy (non-hydrogen) atoms. The number of fused-ring (bicyclic) bond motifs is 1. The Balaban J connectivity index is 1.86. The SMILES string of the molecule is Cc1cc(O)ccc1C(=O)N1CCCC2CCCC21. The van der Waals surface area contributed by atoms with Crippen LogP contribution < -0.4 is 0 Å². The van der Waals surface area contributed by atoms with Gasteiger partial charge in [0.15, 0.2) is 0 Å². The zero-order valence-corrected chi connectivity index (χ0v) is 11.4. The molecule has 0 aromatic heterocycles. The molecule has 3 heteroatoms. The minimum Gasteiger partial charge on any atom is -0.508 e. The summed E-state index contributed by atoms with van der Waals surface area (Å²) >= 11 is 0. The highest BCUT2D eigenvalue weighted by molar-refractivity contribution is 5.96. The van der Waals surface area contributed by atoms with E-state index in [1.807, 2.05) is 6.92 Å². The van der Waals surface area contributed by atoms with Crippen molar-refractivity contribution in [3.8, 4) is 5.75 Å². The molecular weight excluding hydrogens is 238 g/mol. The summed E-state index contributed by atoms with van der Waals surface area (Å²) in [6.07, 6.45) is 6.11. The third-order valence-electron chi connectivity index (χ3n) is 4.69. The van der Waals surface area contributed by atoms with Crippen LogP contribution in [0.15, 0.2) is 18.2 Å². The summed E-state index contributed by atoms with van der Waals surface area (Å²) in [5, 5.41) is 9.45. The number of piperidine rings is 1. The average Bonchev–Trinajstić information content (AvgIpc) is 2.86. The first kappa shape index (κ1) is 12.5. The average molecular weight is 259 g/mol. The van der Waals surface area contributed by atoms with Crippen molar-refractivity contribution in [3.63, 3.8) is 0 Å². The minimum atomic E-state index is 0.147. The normalized spacial score (nSPS) is 26.3. The molecular formula is C16H21NO2. The summed E-state index contributed by atoms with van der Waals surface area (Å²) in [5.41, 5.74) is 1.61. The van der Waals surface area contributed by atoms with E-state index in [1.54, 1.807) is 18.2 Å². The van der Waals surface area contributed by atoms with Gasteiger partial charge in [-0.25, -0.2) is 0 Å². The Morgan fingerprint density at radius 3 is 2.84 bits per heavy atom. The number of carbonyl (C=O) groups is 1. The van der Waals surface area contributed by atoms with Crippen LogP contribution in [0.3, 0.4) is 0 Å². The van der Waals surface area contributed by atoms with Crippen molar-refractivity contribution in [1.82, 2.24) is 4.90 Å². The van der Waals surface area contributed by atoms with Crippen LogP contribution in [0.1, 0.15) is 48.0 Å². The van der Waals surface area contributed by atoms with E-state index in [1.165, 1.54) is 19.3 Å². The number of rotatable bonds is 1. The Kier molecular flexibility index (Phi) is 3.21. The van der Waals surface area contributed by atoms with Crippen LogP contribution in [-0.2, 0) is 0 Å². The van der Waals surface area contributed by atoms with Gasteiger partial charge in [-0.2, -0.15) is 0 Å². The van der Waals surface area contributed by atoms with Crippen molar-refractivity contribution in [2.75, 3.05) is 6.54 Å². The molecule has 2 aliphatic rings. The highest BCUT2D eigenvalue weighted by Gasteiger charge is 2.37. The molecule has 3 nitrogen and oxygen atoms in total. The van der Waals surface area contributed by atoms with Gasteiger partial charge >= 0.3 is 0 Å². The predicted octanol–water partition coefficient (Wildman–Crippen LogP) is 3.11. The van der Waals surface area contributed by atoms with Gasteiger partial charge in [0.2, 0.25) is 0 Å². The van der Waals surface area contributed by atoms with Gasteiger partial charge in [0.25, 0.3) is 5.91 Å². The summed E-state index contributed by atoms with van der Waals surface area (Å²) in [5.74, 6) is 1.09. The van der Waals surface area contributed by atoms with E-state index in [0.717, 1.165) is 36.4 Å². The quantitative estimate of drug-likeness (QED) is 0.842. The van der Waals surface area contributed by atoms with Crippen molar-refractivity contribution in [2.24, 2.45) is 5.92 Å². The molecule has 1 N–H and O–H groups in total. The first-order valence-corrected chi connectivity index (χ1v) is 7.27. The molecule has 0 spiro atoms. The minimum absolute atomic E-state index is 0.147. The van der Waals surface area contributed by atoms with Crippen LogP contribution in [0, 0.1) is 12.8 Å². The van der Waals surface area contributed by atoms with Crippen LogP contribution in [0.5, 0.6) is 5.75 Å². The molecule has 1 heterocycles. The number of nitrogens with zero attached hydrogens (tertiary/aromatic N) is 1. The second-order valence-corrected chi connectivity index (χ2v) is 5.90. The van der Waals surface area contributed by atoms with Gasteiger partial charge < -0.3 is 10.0 Å². The number of aromatic hydroxyl groups is 1. The Morgan fingerprint density at radius 1 is 1.26 bits per heavy atom. The zero-order chi connectivity index (χ0) is 13.4. The zero-order valence-electron chi connectivity index (χ0n) is 11.4. The van der Waals surface area contributed by atoms with Crippen molar-refractivity contribution in [2.45, 2.75) is 45.1 Å². The molecule has 1 amide bonds. The van der Waals surface area contributed by atoms with Gasteiger partial charge in [-0.05, 0) is 62.3 Å². The monoisotopic (exact) mass is 259 g/mol. The lowest BCUT2D eigenvalue weighted by atomic mass is 9.91. The summed E-state index contributed by atoms with van der Waals surface area (Å²) in [4.78, 5) is 14.8. The smallest absolute Gasteiger partial charge is 0.254 e. The van der Waals surface area contributed by atoms with Crippen molar-refractivity contribution in [1.29, 1.82) is 0 Å². The summed E-state index contributed by atoms with van der Waals surface area (Å²) in [6.45, 7) is 2.78. The van der Waals surface area contributed by atoms with Gasteiger partial charge in [-0.3, -0.25) is 4.79 Å². The highest BCUT2D eigenvalue weighted by atomic mass is 16.3. The van der Waals surface area contributed by atoms with Gasteiger partial charge in [-0.15, -0.1) is 0 Å². The fourth-order valence-corrected chi connectivity index (χ4v) is 3.75. The first-order chi connectivity index (χ1) is 9.16. The molecule has 1 aliphatic heterocycles. The Morgan fingerprint density at radius 2 is 2.05 bits per heavy atom. The lowest BCUT2D eigenvalue weighted by molar-refractivity contribution is 0.0547. The lowest BCUT2D eigenvalue weighted by Crippen LogP contribution is -2.46. The van der Waals surface area contributed by atoms with Crippen LogP contribution in [-0.4, -0.2) is 28.5 Å². The van der Waals surface area contributed by atoms with Crippen molar-refractivity contribution >= 4 is 5.91 Å². The predicted molar refractivity (Wildman–Crippen MR) is 74.2 cm³/mol. The number of amides is 1. The maximum Gasteiger partial charge on any atom is 0.254 e. The van der Waals surface area contributed by atoms with E-state index in [-0.39, 0.29) is 11.7 Å². The number of likely N-dealkylation sites (tertiary alicyclic amines) is 1. The molecule has 0 radical (unpaired) electrons. The molecule has 1 aromatic carbocycles. The topological polar surface area (TPSA) is 40.5 Å². The molecule has 2 fully saturated rings. The van der Waals surface area contributed by atoms with E-state index in [4.69, 9.17) is 0 Å². The van der Waals surface area contributed by atoms with Crippen LogP contribution in [0.2, 0.25) is 0 Å². The highest BCUT2D eigenvalue weighted by Crippen LogP contribution is 2.37. The van der Waals surface area contributed by atoms with Crippen LogP contribution in [0.25, 0.3) is 0 Å². The summed E-state index contributed by atoms with van der Waals surface area (Å²) in [6, 6.07) is 5.49. The second kappa shape index (κ2) is 4.87. The Hall–Kier alpha value is -1.51. The third-order valence-corrected chi connectivity index (χ3v) is 4.69. The molecule has 2 atom stereocenters. The number of phenolic OH excluding ortho intramolecular Hbond substituents is 1.